The average molecular weight is 1220 g/mol. The second kappa shape index (κ2) is 27.2. The van der Waals surface area contributed by atoms with Gasteiger partial charge in [0.25, 0.3) is 0 Å². The number of amides is 5. The highest BCUT2D eigenvalue weighted by Gasteiger charge is 2.51. The second-order valence-corrected chi connectivity index (χ2v) is 26.3. The molecule has 0 spiro atoms. The van der Waals surface area contributed by atoms with Crippen LogP contribution in [0.15, 0.2) is 53.3 Å². The number of rotatable bonds is 20. The smallest absolute Gasteiger partial charge is 0.378 e. The maximum absolute atomic E-state index is 14.8. The zero-order valence-electron chi connectivity index (χ0n) is 48.8. The van der Waals surface area contributed by atoms with Gasteiger partial charge in [0.15, 0.2) is 0 Å². The quantitative estimate of drug-likeness (QED) is 0.0924. The van der Waals surface area contributed by atoms with Gasteiger partial charge in [0.1, 0.15) is 0 Å². The van der Waals surface area contributed by atoms with Crippen molar-refractivity contribution in [3.8, 4) is 0 Å². The molecule has 3 saturated carbocycles. The van der Waals surface area contributed by atoms with E-state index in [2.05, 4.69) is 68.9 Å². The van der Waals surface area contributed by atoms with Gasteiger partial charge in [0.05, 0.1) is 47.4 Å². The summed E-state index contributed by atoms with van der Waals surface area (Å²) < 4.78 is 57.7. The topological polar surface area (TPSA) is 175 Å². The minimum atomic E-state index is -4.58. The monoisotopic (exact) mass is 1210 g/mol. The SMILES string of the molecule is CC(C)[C@]1(C(=O)N2CCc3nc(CCC4CCN(C(=O)C5CCC(NC(=O)CCCOC6CCC(OCCNC(=O)[C@H]7CC(=O)N(C)[C@@H]7c7cccnc7)CC6)CC5)CC4)c(C(F)(F)F)cc3C2)CC[C@@H](N[C@@H]2CCc3cc(Br)ccc32)C1. The third-order valence-electron chi connectivity index (χ3n) is 19.9. The molecule has 3 N–H and O–H groups in total. The first-order chi connectivity index (χ1) is 39.9. The third-order valence-corrected chi connectivity index (χ3v) is 20.4. The number of halogens is 4. The van der Waals surface area contributed by atoms with Gasteiger partial charge in [-0.1, -0.05) is 41.9 Å². The van der Waals surface area contributed by atoms with E-state index in [1.807, 2.05) is 17.0 Å². The van der Waals surface area contributed by atoms with E-state index in [1.54, 1.807) is 29.2 Å². The van der Waals surface area contributed by atoms with Gasteiger partial charge in [-0.15, -0.1) is 0 Å². The van der Waals surface area contributed by atoms with Crippen molar-refractivity contribution in [2.45, 2.75) is 198 Å². The Morgan fingerprint density at radius 2 is 1.60 bits per heavy atom. The number of hydrogen-bond acceptors (Lipinski definition) is 10. The summed E-state index contributed by atoms with van der Waals surface area (Å²) in [5.41, 5.74) is 3.49. The fourth-order valence-electron chi connectivity index (χ4n) is 15.0. The fourth-order valence-corrected chi connectivity index (χ4v) is 15.4. The normalized spacial score (nSPS) is 27.7. The van der Waals surface area contributed by atoms with Crippen molar-refractivity contribution in [1.82, 2.24) is 40.6 Å². The van der Waals surface area contributed by atoms with Crippen molar-refractivity contribution in [1.29, 1.82) is 0 Å². The van der Waals surface area contributed by atoms with Gasteiger partial charge in [-0.3, -0.25) is 33.9 Å². The molecular formula is C64H86BrF3N8O7. The van der Waals surface area contributed by atoms with E-state index in [0.717, 1.165) is 87.1 Å². The van der Waals surface area contributed by atoms with E-state index in [9.17, 15) is 37.1 Å². The Balaban J connectivity index is 0.589. The van der Waals surface area contributed by atoms with Gasteiger partial charge in [-0.2, -0.15) is 13.2 Å². The van der Waals surface area contributed by atoms with E-state index < -0.39 is 23.1 Å². The molecule has 5 atom stereocenters. The lowest BCUT2D eigenvalue weighted by Gasteiger charge is -2.40. The molecule has 19 heteroatoms. The van der Waals surface area contributed by atoms with E-state index >= 15 is 0 Å². The lowest BCUT2D eigenvalue weighted by Crippen LogP contribution is -2.48. The number of carbonyl (C=O) groups excluding carboxylic acids is 5. The fraction of sp³-hybridized carbons (Fsp3) is 0.672. The number of pyridine rings is 2. The van der Waals surface area contributed by atoms with Crippen molar-refractivity contribution in [2.24, 2.45) is 29.1 Å². The van der Waals surface area contributed by atoms with E-state index in [-0.39, 0.29) is 109 Å². The van der Waals surface area contributed by atoms with Crippen LogP contribution in [0.2, 0.25) is 0 Å². The average Bonchev–Trinajstić information content (AvgIpc) is 4.38. The van der Waals surface area contributed by atoms with Gasteiger partial charge in [0.2, 0.25) is 29.5 Å². The molecule has 5 amide bonds. The summed E-state index contributed by atoms with van der Waals surface area (Å²) in [6.07, 6.45) is 13.6. The molecule has 0 radical (unpaired) electrons. The van der Waals surface area contributed by atoms with Crippen LogP contribution >= 0.6 is 15.9 Å². The Morgan fingerprint density at radius 1 is 0.855 bits per heavy atom. The molecule has 3 aromatic rings. The number of nitrogens with zero attached hydrogens (tertiary/aromatic N) is 5. The van der Waals surface area contributed by atoms with E-state index in [1.165, 1.54) is 17.2 Å². The Labute approximate surface area is 496 Å². The van der Waals surface area contributed by atoms with Crippen LogP contribution in [-0.2, 0) is 65.4 Å². The summed E-state index contributed by atoms with van der Waals surface area (Å²) in [5.74, 6) is -0.321. The number of carbonyl (C=O) groups is 5. The number of aryl methyl sites for hydroxylation is 2. The molecule has 0 bridgehead atoms. The van der Waals surface area contributed by atoms with Crippen molar-refractivity contribution in [2.75, 3.05) is 46.4 Å². The molecule has 10 rings (SSSR count). The summed E-state index contributed by atoms with van der Waals surface area (Å²) >= 11 is 3.60. The molecule has 3 aliphatic heterocycles. The first kappa shape index (κ1) is 61.1. The summed E-state index contributed by atoms with van der Waals surface area (Å²) in [6.45, 7) is 7.24. The van der Waals surface area contributed by atoms with Crippen LogP contribution in [0, 0.1) is 29.1 Å². The molecule has 5 heterocycles. The van der Waals surface area contributed by atoms with Crippen LogP contribution in [0.3, 0.4) is 0 Å². The number of fused-ring (bicyclic) bond motifs is 2. The van der Waals surface area contributed by atoms with Crippen LogP contribution < -0.4 is 16.0 Å². The van der Waals surface area contributed by atoms with Gasteiger partial charge in [-0.05, 0) is 174 Å². The molecule has 2 saturated heterocycles. The number of benzene rings is 1. The Morgan fingerprint density at radius 3 is 2.31 bits per heavy atom. The Kier molecular flexibility index (Phi) is 20.0. The number of likely N-dealkylation sites (tertiary alicyclic amines) is 2. The second-order valence-electron chi connectivity index (χ2n) is 25.4. The van der Waals surface area contributed by atoms with Crippen LogP contribution in [0.5, 0.6) is 0 Å². The molecule has 0 unspecified atom stereocenters. The molecule has 4 aliphatic carbocycles. The van der Waals surface area contributed by atoms with Gasteiger partial charge in [-0.25, -0.2) is 0 Å². The maximum Gasteiger partial charge on any atom is 0.418 e. The van der Waals surface area contributed by atoms with Gasteiger partial charge < -0.3 is 40.1 Å². The highest BCUT2D eigenvalue weighted by Crippen LogP contribution is 2.48. The molecule has 5 fully saturated rings. The molecule has 452 valence electrons. The number of aromatic nitrogens is 2. The molecule has 1 aromatic carbocycles. The van der Waals surface area contributed by atoms with Crippen LogP contribution in [0.4, 0.5) is 13.2 Å². The summed E-state index contributed by atoms with van der Waals surface area (Å²) in [6, 6.07) is 11.6. The number of alkyl halides is 3. The Hall–Kier alpha value is -4.98. The number of ether oxygens (including phenoxy) is 2. The third kappa shape index (κ3) is 14.6. The van der Waals surface area contributed by atoms with Crippen LogP contribution in [0.1, 0.15) is 181 Å². The number of hydrogen-bond donors (Lipinski definition) is 3. The highest BCUT2D eigenvalue weighted by atomic mass is 79.9. The lowest BCUT2D eigenvalue weighted by molar-refractivity contribution is -0.146. The van der Waals surface area contributed by atoms with Crippen molar-refractivity contribution < 1.29 is 46.6 Å². The Bertz CT molecular complexity index is 2770. The highest BCUT2D eigenvalue weighted by molar-refractivity contribution is 9.10. The molecule has 7 aliphatic rings. The molecule has 15 nitrogen and oxygen atoms in total. The standard InChI is InChI=1S/C64H86BrF3N8O7/c1-40(2)63(26-22-48(37-63)71-55-21-11-43-34-46(65)12-19-51(43)55)62(81)76-31-25-54-45(39-76)35-53(64(66,67)68)56(73-54)20-8-41-23-29-75(30-24-41)61(80)42-9-13-47(14-10-42)72-57(77)7-5-32-82-49-15-17-50(18-16-49)83-33-28-70-60(79)52-36-58(78)74(3)59(52)44-6-4-27-69-38-44/h4,6,12,19,27,34-35,38,40-42,47-50,52,55,59,71H,5,7-11,13-18,20-26,28-33,36-37,39H2,1-3H3,(H,70,79)(H,72,77)/t42?,47?,48-,49?,50?,52+,55-,59-,63+/m1/s1. The largest absolute Gasteiger partial charge is 0.418 e. The number of piperidine rings is 1. The zero-order valence-corrected chi connectivity index (χ0v) is 50.4. The predicted molar refractivity (Wildman–Crippen MR) is 311 cm³/mol. The van der Waals surface area contributed by atoms with Crippen LogP contribution in [0.25, 0.3) is 0 Å². The van der Waals surface area contributed by atoms with E-state index in [4.69, 9.17) is 14.5 Å². The van der Waals surface area contributed by atoms with Crippen molar-refractivity contribution in [3.63, 3.8) is 0 Å². The predicted octanol–water partition coefficient (Wildman–Crippen LogP) is 9.92. The van der Waals surface area contributed by atoms with E-state index in [0.29, 0.717) is 95.6 Å². The molecule has 2 aromatic heterocycles. The molecule has 83 heavy (non-hydrogen) atoms. The number of nitrogens with one attached hydrogen (secondary N) is 3. The zero-order chi connectivity index (χ0) is 58.4. The summed E-state index contributed by atoms with van der Waals surface area (Å²) in [5, 5.41) is 10.0. The first-order valence-corrected chi connectivity index (χ1v) is 31.9. The molecular weight excluding hydrogens is 1130 g/mol. The summed E-state index contributed by atoms with van der Waals surface area (Å²) in [4.78, 5) is 81.0. The van der Waals surface area contributed by atoms with Crippen molar-refractivity contribution in [3.05, 3.63) is 92.5 Å². The summed E-state index contributed by atoms with van der Waals surface area (Å²) in [7, 11) is 1.73. The lowest BCUT2D eigenvalue weighted by atomic mass is 9.74. The van der Waals surface area contributed by atoms with Crippen molar-refractivity contribution >= 4 is 45.5 Å². The van der Waals surface area contributed by atoms with Crippen LogP contribution in [-0.4, -0.2) is 125 Å². The minimum Gasteiger partial charge on any atom is -0.378 e. The minimum absolute atomic E-state index is 0.00107. The maximum atomic E-state index is 14.8. The van der Waals surface area contributed by atoms with Gasteiger partial charge in [0, 0.05) is 112 Å². The first-order valence-electron chi connectivity index (χ1n) is 31.1. The van der Waals surface area contributed by atoms with Gasteiger partial charge >= 0.3 is 6.18 Å².